The number of hydrogen-bond acceptors (Lipinski definition) is 6. The second kappa shape index (κ2) is 12.7. The van der Waals surface area contributed by atoms with Gasteiger partial charge in [0.15, 0.2) is 0 Å². The summed E-state index contributed by atoms with van der Waals surface area (Å²) in [4.78, 5) is 10.9. The Morgan fingerprint density at radius 1 is 1.17 bits per heavy atom. The van der Waals surface area contributed by atoms with Gasteiger partial charge in [0.05, 0.1) is 32.7 Å². The summed E-state index contributed by atoms with van der Waals surface area (Å²) in [6.45, 7) is 5.24. The number of rotatable bonds is 12. The van der Waals surface area contributed by atoms with Crippen LogP contribution < -0.4 is 0 Å². The molecule has 0 unspecified atom stereocenters. The van der Waals surface area contributed by atoms with Gasteiger partial charge in [0.1, 0.15) is 15.4 Å². The number of methoxy groups -OCH3 is 2. The molecule has 0 aromatic heterocycles. The molecule has 0 saturated heterocycles. The molecule has 6 nitrogen and oxygen atoms in total. The number of carbonyl (C=O) groups is 1. The van der Waals surface area contributed by atoms with E-state index >= 15 is 0 Å². The Balaban J connectivity index is 3.79. The van der Waals surface area contributed by atoms with Crippen molar-refractivity contribution in [1.82, 2.24) is 0 Å². The predicted octanol–water partition coefficient (Wildman–Crippen LogP) is -0.548. The van der Waals surface area contributed by atoms with Crippen LogP contribution in [0.4, 0.5) is 0 Å². The monoisotopic (exact) mass is 278 g/mol. The fourth-order valence-corrected chi connectivity index (χ4v) is 2.23. The van der Waals surface area contributed by atoms with Gasteiger partial charge in [0.2, 0.25) is 0 Å². The number of carbonyl (C=O) groups excluding carboxylic acids is 1. The zero-order valence-electron chi connectivity index (χ0n) is 11.1. The normalized spacial score (nSPS) is 11.3. The summed E-state index contributed by atoms with van der Waals surface area (Å²) in [7, 11) is 2.38. The van der Waals surface area contributed by atoms with Gasteiger partial charge in [0.25, 0.3) is 0 Å². The quantitative estimate of drug-likeness (QED) is 0.157. The average molecular weight is 278 g/mol. The van der Waals surface area contributed by atoms with Gasteiger partial charge in [-0.25, -0.2) is 4.79 Å². The van der Waals surface area contributed by atoms with Gasteiger partial charge in [-0.1, -0.05) is 6.58 Å². The van der Waals surface area contributed by atoms with Crippen LogP contribution in [0.15, 0.2) is 12.7 Å². The van der Waals surface area contributed by atoms with Gasteiger partial charge in [-0.15, -0.1) is 0 Å². The molecule has 0 rings (SSSR count). The van der Waals surface area contributed by atoms with E-state index < -0.39 is 15.5 Å². The highest BCUT2D eigenvalue weighted by Crippen LogP contribution is 1.95. The fraction of sp³-hybridized carbons (Fsp3) is 0.727. The van der Waals surface area contributed by atoms with E-state index in [0.29, 0.717) is 32.7 Å². The Labute approximate surface area is 110 Å². The van der Waals surface area contributed by atoms with E-state index in [9.17, 15) is 4.79 Å². The van der Waals surface area contributed by atoms with E-state index in [-0.39, 0.29) is 5.91 Å². The lowest BCUT2D eigenvalue weighted by Crippen LogP contribution is -2.31. The minimum Gasteiger partial charge on any atom is -0.467 e. The molecule has 0 amide bonds. The molecule has 0 aliphatic heterocycles. The minimum atomic E-state index is -0.829. The van der Waals surface area contributed by atoms with Crippen LogP contribution in [0.5, 0.6) is 0 Å². The smallest absolute Gasteiger partial charge is 0.329 e. The van der Waals surface area contributed by atoms with E-state index in [1.54, 1.807) is 14.2 Å². The number of ether oxygens (including phenoxy) is 5. The van der Waals surface area contributed by atoms with E-state index in [1.807, 2.05) is 0 Å². The molecule has 0 aromatic rings. The lowest BCUT2D eigenvalue weighted by atomic mass is 10.7. The summed E-state index contributed by atoms with van der Waals surface area (Å²) in [5.74, 6) is -0.719. The topological polar surface area (TPSA) is 63.2 Å². The van der Waals surface area contributed by atoms with Gasteiger partial charge in [-0.05, 0) is 0 Å². The lowest BCUT2D eigenvalue weighted by Gasteiger charge is -2.17. The molecular weight excluding hydrogens is 256 g/mol. The second-order valence-electron chi connectivity index (χ2n) is 3.32. The van der Waals surface area contributed by atoms with Crippen molar-refractivity contribution >= 4 is 15.5 Å². The SMILES string of the molecule is C=CC(=O)OC[SiH2]C(OCCOC)OCCOC. The van der Waals surface area contributed by atoms with Gasteiger partial charge < -0.3 is 23.7 Å². The first-order valence-electron chi connectivity index (χ1n) is 5.74. The third-order valence-electron chi connectivity index (χ3n) is 1.95. The third-order valence-corrected chi connectivity index (χ3v) is 3.33. The summed E-state index contributed by atoms with van der Waals surface area (Å²) < 4.78 is 25.7. The zero-order valence-corrected chi connectivity index (χ0v) is 12.5. The van der Waals surface area contributed by atoms with Gasteiger partial charge in [-0.2, -0.15) is 0 Å². The van der Waals surface area contributed by atoms with Crippen LogP contribution in [0.3, 0.4) is 0 Å². The van der Waals surface area contributed by atoms with Crippen LogP contribution in [0, 0.1) is 0 Å². The van der Waals surface area contributed by atoms with Gasteiger partial charge in [-0.3, -0.25) is 0 Å². The van der Waals surface area contributed by atoms with Crippen molar-refractivity contribution in [2.24, 2.45) is 0 Å². The zero-order chi connectivity index (χ0) is 13.6. The van der Waals surface area contributed by atoms with E-state index in [0.717, 1.165) is 6.08 Å². The van der Waals surface area contributed by atoms with Crippen molar-refractivity contribution < 1.29 is 28.5 Å². The number of hydrogen-bond donors (Lipinski definition) is 0. The molecule has 0 spiro atoms. The maximum Gasteiger partial charge on any atom is 0.329 e. The summed E-state index contributed by atoms with van der Waals surface area (Å²) in [6, 6.07) is 0. The minimum absolute atomic E-state index is 0.298. The average Bonchev–Trinajstić information content (AvgIpc) is 2.38. The molecule has 0 N–H and O–H groups in total. The van der Waals surface area contributed by atoms with Crippen LogP contribution in [0.25, 0.3) is 0 Å². The molecule has 18 heavy (non-hydrogen) atoms. The van der Waals surface area contributed by atoms with Crippen LogP contribution in [0.1, 0.15) is 0 Å². The molecule has 7 heteroatoms. The Bertz CT molecular complexity index is 214. The van der Waals surface area contributed by atoms with Crippen molar-refractivity contribution in [3.05, 3.63) is 12.7 Å². The molecule has 0 bridgehead atoms. The molecule has 0 aromatic carbocycles. The molecule has 0 fully saturated rings. The van der Waals surface area contributed by atoms with Crippen molar-refractivity contribution in [2.45, 2.75) is 5.91 Å². The number of esters is 1. The molecular formula is C11H22O6Si. The van der Waals surface area contributed by atoms with Crippen LogP contribution >= 0.6 is 0 Å². The molecule has 0 heterocycles. The molecule has 0 atom stereocenters. The van der Waals surface area contributed by atoms with Crippen LogP contribution in [-0.2, 0) is 28.5 Å². The van der Waals surface area contributed by atoms with Crippen molar-refractivity contribution in [3.63, 3.8) is 0 Å². The maximum atomic E-state index is 10.9. The third kappa shape index (κ3) is 10.4. The first-order chi connectivity index (χ1) is 8.74. The Morgan fingerprint density at radius 2 is 1.72 bits per heavy atom. The molecule has 0 radical (unpaired) electrons. The highest BCUT2D eigenvalue weighted by molar-refractivity contribution is 6.36. The van der Waals surface area contributed by atoms with Crippen LogP contribution in [-0.4, -0.2) is 68.3 Å². The molecule has 106 valence electrons. The highest BCUT2D eigenvalue weighted by atomic mass is 28.2. The highest BCUT2D eigenvalue weighted by Gasteiger charge is 2.11. The molecule has 0 saturated carbocycles. The second-order valence-corrected chi connectivity index (χ2v) is 4.97. The maximum absolute atomic E-state index is 10.9. The Morgan fingerprint density at radius 3 is 2.17 bits per heavy atom. The van der Waals surface area contributed by atoms with E-state index in [1.165, 1.54) is 0 Å². The first-order valence-corrected chi connectivity index (χ1v) is 7.56. The molecule has 0 aliphatic rings. The van der Waals surface area contributed by atoms with Gasteiger partial charge >= 0.3 is 5.97 Å². The summed E-state index contributed by atoms with van der Waals surface area (Å²) in [6.07, 6.45) is 1.50. The molecule has 0 aliphatic carbocycles. The summed E-state index contributed by atoms with van der Waals surface area (Å²) >= 11 is 0. The predicted molar refractivity (Wildman–Crippen MR) is 69.1 cm³/mol. The van der Waals surface area contributed by atoms with Crippen molar-refractivity contribution in [1.29, 1.82) is 0 Å². The Kier molecular flexibility index (Phi) is 12.2. The summed E-state index contributed by atoms with van der Waals surface area (Å²) in [5, 5.41) is 0. The Hall–Kier alpha value is -0.733. The van der Waals surface area contributed by atoms with E-state index in [2.05, 4.69) is 6.58 Å². The van der Waals surface area contributed by atoms with Crippen LogP contribution in [0.2, 0.25) is 0 Å². The van der Waals surface area contributed by atoms with E-state index in [4.69, 9.17) is 23.7 Å². The largest absolute Gasteiger partial charge is 0.467 e. The van der Waals surface area contributed by atoms with Crippen molar-refractivity contribution in [2.75, 3.05) is 46.9 Å². The first kappa shape index (κ1) is 17.3. The fourth-order valence-electron chi connectivity index (χ4n) is 1.06. The lowest BCUT2D eigenvalue weighted by molar-refractivity contribution is -0.136. The van der Waals surface area contributed by atoms with Crippen molar-refractivity contribution in [3.8, 4) is 0 Å². The van der Waals surface area contributed by atoms with Gasteiger partial charge in [0, 0.05) is 20.3 Å². The summed E-state index contributed by atoms with van der Waals surface area (Å²) in [5.41, 5.74) is 0. The standard InChI is InChI=1S/C11H22O6Si/c1-4-10(12)17-9-18-11(15-7-5-13-2)16-8-6-14-3/h4,11H,1,5-9,18H2,2-3H3.